The number of rotatable bonds is 3. The number of hydrogen-bond acceptors (Lipinski definition) is 1. The molecule has 5 heteroatoms. The zero-order chi connectivity index (χ0) is 14.0. The van der Waals surface area contributed by atoms with Crippen molar-refractivity contribution in [3.8, 4) is 0 Å². The van der Waals surface area contributed by atoms with Crippen molar-refractivity contribution in [1.29, 1.82) is 0 Å². The van der Waals surface area contributed by atoms with Gasteiger partial charge in [-0.05, 0) is 23.8 Å². The van der Waals surface area contributed by atoms with Crippen molar-refractivity contribution in [3.05, 3.63) is 70.8 Å². The third-order valence-electron chi connectivity index (χ3n) is 2.77. The largest absolute Gasteiger partial charge is 0.388 e. The quantitative estimate of drug-likeness (QED) is 0.668. The predicted octanol–water partition coefficient (Wildman–Crippen LogP) is 3.52. The van der Waals surface area contributed by atoms with Crippen molar-refractivity contribution >= 4 is 0 Å². The van der Waals surface area contributed by atoms with E-state index in [4.69, 9.17) is 0 Å². The molecule has 0 heterocycles. The lowest BCUT2D eigenvalue weighted by Gasteiger charge is -2.12. The van der Waals surface area contributed by atoms with Gasteiger partial charge in [-0.25, -0.2) is 17.6 Å². The van der Waals surface area contributed by atoms with Crippen LogP contribution in [0.15, 0.2) is 36.4 Å². The second kappa shape index (κ2) is 5.40. The molecule has 0 aliphatic rings. The third-order valence-corrected chi connectivity index (χ3v) is 2.77. The number of hydrogen-bond donors (Lipinski definition) is 1. The van der Waals surface area contributed by atoms with Crippen LogP contribution in [0.1, 0.15) is 17.2 Å². The molecule has 0 fully saturated rings. The Morgan fingerprint density at radius 3 is 2.11 bits per heavy atom. The smallest absolute Gasteiger partial charge is 0.194 e. The van der Waals surface area contributed by atoms with Gasteiger partial charge in [0.2, 0.25) is 0 Å². The average molecular weight is 270 g/mol. The Balaban J connectivity index is 2.23. The first kappa shape index (κ1) is 13.5. The highest BCUT2D eigenvalue weighted by Crippen LogP contribution is 2.24. The molecule has 0 bridgehead atoms. The summed E-state index contributed by atoms with van der Waals surface area (Å²) in [5.74, 6) is -4.77. The van der Waals surface area contributed by atoms with Crippen molar-refractivity contribution in [1.82, 2.24) is 0 Å². The van der Waals surface area contributed by atoms with Crippen molar-refractivity contribution < 1.29 is 22.7 Å². The number of aliphatic hydroxyl groups excluding tert-OH is 1. The van der Waals surface area contributed by atoms with Crippen LogP contribution < -0.4 is 0 Å². The van der Waals surface area contributed by atoms with E-state index in [9.17, 15) is 22.7 Å². The molecule has 100 valence electrons. The fourth-order valence-electron chi connectivity index (χ4n) is 1.75. The Kier molecular flexibility index (Phi) is 3.85. The summed E-state index contributed by atoms with van der Waals surface area (Å²) < 4.78 is 51.9. The average Bonchev–Trinajstić information content (AvgIpc) is 2.39. The van der Waals surface area contributed by atoms with Gasteiger partial charge >= 0.3 is 0 Å². The van der Waals surface area contributed by atoms with E-state index < -0.39 is 29.4 Å². The molecule has 2 aromatic carbocycles. The minimum atomic E-state index is -1.62. The molecule has 2 aromatic rings. The van der Waals surface area contributed by atoms with Crippen LogP contribution in [0.3, 0.4) is 0 Å². The lowest BCUT2D eigenvalue weighted by molar-refractivity contribution is 0.172. The summed E-state index contributed by atoms with van der Waals surface area (Å²) in [5.41, 5.74) is 0.223. The molecule has 1 atom stereocenters. The minimum absolute atomic E-state index is 0.0255. The summed E-state index contributed by atoms with van der Waals surface area (Å²) in [7, 11) is 0. The Labute approximate surface area is 107 Å². The molecule has 0 radical (unpaired) electrons. The molecule has 0 aliphatic carbocycles. The molecular formula is C14H10F4O. The van der Waals surface area contributed by atoms with E-state index in [1.165, 1.54) is 24.3 Å². The van der Waals surface area contributed by atoms with Gasteiger partial charge in [0.15, 0.2) is 17.5 Å². The first-order chi connectivity index (χ1) is 8.99. The summed E-state index contributed by atoms with van der Waals surface area (Å²) in [4.78, 5) is 0. The van der Waals surface area contributed by atoms with Crippen LogP contribution in [0, 0.1) is 23.3 Å². The van der Waals surface area contributed by atoms with Crippen LogP contribution in [0.2, 0.25) is 0 Å². The Morgan fingerprint density at radius 2 is 1.47 bits per heavy atom. The lowest BCUT2D eigenvalue weighted by atomic mass is 10.0. The molecule has 2 rings (SSSR count). The first-order valence-electron chi connectivity index (χ1n) is 5.55. The van der Waals surface area contributed by atoms with E-state index in [0.717, 1.165) is 12.1 Å². The topological polar surface area (TPSA) is 20.2 Å². The molecule has 1 unspecified atom stereocenters. The van der Waals surface area contributed by atoms with E-state index in [1.54, 1.807) is 0 Å². The normalized spacial score (nSPS) is 12.5. The molecule has 0 saturated carbocycles. The fourth-order valence-corrected chi connectivity index (χ4v) is 1.75. The summed E-state index contributed by atoms with van der Waals surface area (Å²) >= 11 is 0. The summed E-state index contributed by atoms with van der Waals surface area (Å²) in [6.45, 7) is 0. The fraction of sp³-hybridized carbons (Fsp3) is 0.143. The van der Waals surface area contributed by atoms with E-state index in [-0.39, 0.29) is 12.0 Å². The van der Waals surface area contributed by atoms with Gasteiger partial charge in [-0.2, -0.15) is 0 Å². The Bertz CT molecular complexity index is 581. The van der Waals surface area contributed by atoms with Crippen molar-refractivity contribution in [2.45, 2.75) is 12.5 Å². The molecule has 1 nitrogen and oxygen atoms in total. The number of halogens is 4. The van der Waals surface area contributed by atoms with Gasteiger partial charge in [-0.15, -0.1) is 0 Å². The summed E-state index contributed by atoms with van der Waals surface area (Å²) in [5, 5.41) is 9.82. The van der Waals surface area contributed by atoms with Gasteiger partial charge in [0.1, 0.15) is 5.82 Å². The van der Waals surface area contributed by atoms with Crippen LogP contribution in [-0.4, -0.2) is 5.11 Å². The van der Waals surface area contributed by atoms with Gasteiger partial charge in [-0.1, -0.05) is 18.2 Å². The van der Waals surface area contributed by atoms with Crippen LogP contribution in [0.5, 0.6) is 0 Å². The Hall–Kier alpha value is -1.88. The molecule has 0 aliphatic heterocycles. The van der Waals surface area contributed by atoms with Crippen molar-refractivity contribution in [2.24, 2.45) is 0 Å². The number of aliphatic hydroxyl groups is 1. The van der Waals surface area contributed by atoms with Crippen LogP contribution >= 0.6 is 0 Å². The van der Waals surface area contributed by atoms with Crippen molar-refractivity contribution in [3.63, 3.8) is 0 Å². The van der Waals surface area contributed by atoms with E-state index in [0.29, 0.717) is 5.56 Å². The van der Waals surface area contributed by atoms with E-state index >= 15 is 0 Å². The maximum atomic E-state index is 13.4. The van der Waals surface area contributed by atoms with Crippen LogP contribution in [0.4, 0.5) is 17.6 Å². The second-order valence-corrected chi connectivity index (χ2v) is 4.11. The SMILES string of the molecule is OC(Cc1ccc(F)cc1)c1ccc(F)c(F)c1F. The van der Waals surface area contributed by atoms with Gasteiger partial charge in [0, 0.05) is 12.0 Å². The highest BCUT2D eigenvalue weighted by molar-refractivity contribution is 5.25. The highest BCUT2D eigenvalue weighted by Gasteiger charge is 2.19. The molecule has 1 N–H and O–H groups in total. The van der Waals surface area contributed by atoms with Gasteiger partial charge in [0.05, 0.1) is 6.10 Å². The molecule has 0 saturated heterocycles. The predicted molar refractivity (Wildman–Crippen MR) is 61.4 cm³/mol. The van der Waals surface area contributed by atoms with E-state index in [1.807, 2.05) is 0 Å². The molecule has 0 amide bonds. The van der Waals surface area contributed by atoms with Gasteiger partial charge in [-0.3, -0.25) is 0 Å². The van der Waals surface area contributed by atoms with Gasteiger partial charge in [0.25, 0.3) is 0 Å². The standard InChI is InChI=1S/C14H10F4O/c15-9-3-1-8(2-4-9)7-12(19)10-5-6-11(16)14(18)13(10)17/h1-6,12,19H,7H2. The second-order valence-electron chi connectivity index (χ2n) is 4.11. The third kappa shape index (κ3) is 2.93. The molecular weight excluding hydrogens is 260 g/mol. The zero-order valence-corrected chi connectivity index (χ0v) is 9.71. The zero-order valence-electron chi connectivity index (χ0n) is 9.71. The monoisotopic (exact) mass is 270 g/mol. The molecule has 0 spiro atoms. The minimum Gasteiger partial charge on any atom is -0.388 e. The summed E-state index contributed by atoms with van der Waals surface area (Å²) in [6.07, 6.45) is -1.36. The maximum absolute atomic E-state index is 13.4. The van der Waals surface area contributed by atoms with Gasteiger partial charge < -0.3 is 5.11 Å². The maximum Gasteiger partial charge on any atom is 0.194 e. The Morgan fingerprint density at radius 1 is 0.842 bits per heavy atom. The van der Waals surface area contributed by atoms with Crippen LogP contribution in [-0.2, 0) is 6.42 Å². The highest BCUT2D eigenvalue weighted by atomic mass is 19.2. The van der Waals surface area contributed by atoms with Crippen molar-refractivity contribution in [2.75, 3.05) is 0 Å². The molecule has 19 heavy (non-hydrogen) atoms. The number of benzene rings is 2. The molecule has 0 aromatic heterocycles. The van der Waals surface area contributed by atoms with Crippen LogP contribution in [0.25, 0.3) is 0 Å². The van der Waals surface area contributed by atoms with E-state index in [2.05, 4.69) is 0 Å². The first-order valence-corrected chi connectivity index (χ1v) is 5.55. The summed E-state index contributed by atoms with van der Waals surface area (Å²) in [6, 6.07) is 6.99. The lowest BCUT2D eigenvalue weighted by Crippen LogP contribution is -2.07.